The summed E-state index contributed by atoms with van der Waals surface area (Å²) in [7, 11) is 1.61. The van der Waals surface area contributed by atoms with Crippen molar-refractivity contribution >= 4 is 0 Å². The van der Waals surface area contributed by atoms with Crippen LogP contribution in [0.3, 0.4) is 0 Å². The zero-order valence-electron chi connectivity index (χ0n) is 6.76. The first-order valence-electron chi connectivity index (χ1n) is 3.55. The number of methoxy groups -OCH3 is 1. The van der Waals surface area contributed by atoms with E-state index in [1.165, 1.54) is 0 Å². The number of ether oxygens (including phenoxy) is 2. The minimum Gasteiger partial charge on any atom is -0.496 e. The van der Waals surface area contributed by atoms with Gasteiger partial charge in [0.05, 0.1) is 13.7 Å². The van der Waals surface area contributed by atoms with Gasteiger partial charge in [0.1, 0.15) is 11.5 Å². The molecule has 1 aromatic carbocycles. The second kappa shape index (κ2) is 3.86. The lowest BCUT2D eigenvalue weighted by atomic mass is 10.3. The van der Waals surface area contributed by atoms with Gasteiger partial charge in [-0.25, -0.2) is 0 Å². The van der Waals surface area contributed by atoms with Crippen LogP contribution in [0.1, 0.15) is 6.92 Å². The Labute approximate surface area is 66.8 Å². The first kappa shape index (κ1) is 7.92. The summed E-state index contributed by atoms with van der Waals surface area (Å²) >= 11 is 0. The third-order valence-corrected chi connectivity index (χ3v) is 1.28. The van der Waals surface area contributed by atoms with Gasteiger partial charge in [-0.15, -0.1) is 0 Å². The van der Waals surface area contributed by atoms with Crippen molar-refractivity contribution in [2.75, 3.05) is 13.7 Å². The highest BCUT2D eigenvalue weighted by Gasteiger charge is 1.93. The molecule has 0 amide bonds. The van der Waals surface area contributed by atoms with Crippen LogP contribution in [0.15, 0.2) is 18.2 Å². The first-order valence-corrected chi connectivity index (χ1v) is 3.55. The molecular formula is C9H11O2. The van der Waals surface area contributed by atoms with Gasteiger partial charge in [0.15, 0.2) is 0 Å². The molecule has 0 spiro atoms. The molecule has 1 radical (unpaired) electrons. The fraction of sp³-hybridized carbons (Fsp3) is 0.333. The maximum Gasteiger partial charge on any atom is 0.130 e. The van der Waals surface area contributed by atoms with E-state index < -0.39 is 0 Å². The van der Waals surface area contributed by atoms with Crippen LogP contribution in [0.5, 0.6) is 11.5 Å². The van der Waals surface area contributed by atoms with Crippen LogP contribution in [0, 0.1) is 6.07 Å². The number of hydrogen-bond acceptors (Lipinski definition) is 2. The van der Waals surface area contributed by atoms with E-state index in [4.69, 9.17) is 9.47 Å². The molecular weight excluding hydrogens is 140 g/mol. The summed E-state index contributed by atoms with van der Waals surface area (Å²) in [6, 6.07) is 8.36. The van der Waals surface area contributed by atoms with Gasteiger partial charge in [0.25, 0.3) is 0 Å². The lowest BCUT2D eigenvalue weighted by Crippen LogP contribution is -1.91. The quantitative estimate of drug-likeness (QED) is 0.656. The van der Waals surface area contributed by atoms with Crippen LogP contribution in [0.4, 0.5) is 0 Å². The minimum absolute atomic E-state index is 0.674. The van der Waals surface area contributed by atoms with Gasteiger partial charge in [-0.1, -0.05) is 0 Å². The van der Waals surface area contributed by atoms with E-state index >= 15 is 0 Å². The van der Waals surface area contributed by atoms with Crippen molar-refractivity contribution in [3.8, 4) is 11.5 Å². The normalized spacial score (nSPS) is 9.27. The molecule has 0 fully saturated rings. The van der Waals surface area contributed by atoms with Crippen molar-refractivity contribution < 1.29 is 9.47 Å². The predicted molar refractivity (Wildman–Crippen MR) is 43.0 cm³/mol. The Morgan fingerprint density at radius 1 is 1.55 bits per heavy atom. The van der Waals surface area contributed by atoms with Crippen molar-refractivity contribution in [1.29, 1.82) is 0 Å². The number of rotatable bonds is 3. The van der Waals surface area contributed by atoms with E-state index in [2.05, 4.69) is 6.07 Å². The highest BCUT2D eigenvalue weighted by atomic mass is 16.5. The number of benzene rings is 1. The minimum atomic E-state index is 0.674. The van der Waals surface area contributed by atoms with Crippen LogP contribution in [-0.2, 0) is 0 Å². The molecule has 0 atom stereocenters. The Balaban J connectivity index is 2.74. The van der Waals surface area contributed by atoms with Gasteiger partial charge in [-0.3, -0.25) is 0 Å². The van der Waals surface area contributed by atoms with Gasteiger partial charge in [0.2, 0.25) is 0 Å². The monoisotopic (exact) mass is 151 g/mol. The molecule has 0 saturated carbocycles. The summed E-state index contributed by atoms with van der Waals surface area (Å²) in [6.07, 6.45) is 0. The molecule has 0 bridgehead atoms. The largest absolute Gasteiger partial charge is 0.496 e. The van der Waals surface area contributed by atoms with Crippen LogP contribution in [0.2, 0.25) is 0 Å². The number of hydrogen-bond donors (Lipinski definition) is 0. The summed E-state index contributed by atoms with van der Waals surface area (Å²) in [5.74, 6) is 1.53. The smallest absolute Gasteiger partial charge is 0.130 e. The van der Waals surface area contributed by atoms with Crippen LogP contribution in [-0.4, -0.2) is 13.7 Å². The zero-order valence-corrected chi connectivity index (χ0v) is 6.76. The second-order valence-electron chi connectivity index (χ2n) is 2.03. The molecule has 2 nitrogen and oxygen atoms in total. The summed E-state index contributed by atoms with van der Waals surface area (Å²) in [5.41, 5.74) is 0. The van der Waals surface area contributed by atoms with Crippen molar-refractivity contribution in [2.45, 2.75) is 6.92 Å². The molecule has 0 aliphatic heterocycles. The molecule has 0 unspecified atom stereocenters. The highest BCUT2D eigenvalue weighted by Crippen LogP contribution is 2.17. The Morgan fingerprint density at radius 3 is 3.00 bits per heavy atom. The molecule has 1 aromatic rings. The predicted octanol–water partition coefficient (Wildman–Crippen LogP) is 1.89. The van der Waals surface area contributed by atoms with Crippen LogP contribution < -0.4 is 9.47 Å². The molecule has 59 valence electrons. The van der Waals surface area contributed by atoms with E-state index in [9.17, 15) is 0 Å². The molecule has 0 heterocycles. The molecule has 0 aliphatic carbocycles. The van der Waals surface area contributed by atoms with Crippen molar-refractivity contribution in [2.24, 2.45) is 0 Å². The highest BCUT2D eigenvalue weighted by molar-refractivity contribution is 5.31. The zero-order chi connectivity index (χ0) is 8.10. The maximum atomic E-state index is 5.25. The lowest BCUT2D eigenvalue weighted by Gasteiger charge is -2.03. The van der Waals surface area contributed by atoms with E-state index in [0.29, 0.717) is 12.4 Å². The van der Waals surface area contributed by atoms with Gasteiger partial charge >= 0.3 is 0 Å². The first-order chi connectivity index (χ1) is 5.36. The molecule has 0 N–H and O–H groups in total. The van der Waals surface area contributed by atoms with Crippen LogP contribution >= 0.6 is 0 Å². The molecule has 1 rings (SSSR count). The Hall–Kier alpha value is -1.18. The van der Waals surface area contributed by atoms with Gasteiger partial charge in [0, 0.05) is 12.1 Å². The molecule has 0 aromatic heterocycles. The Bertz CT molecular complexity index is 221. The molecule has 0 saturated heterocycles. The average molecular weight is 151 g/mol. The summed E-state index contributed by atoms with van der Waals surface area (Å²) in [6.45, 7) is 2.62. The van der Waals surface area contributed by atoms with E-state index in [-0.39, 0.29) is 0 Å². The van der Waals surface area contributed by atoms with Gasteiger partial charge in [-0.2, -0.15) is 0 Å². The second-order valence-corrected chi connectivity index (χ2v) is 2.03. The van der Waals surface area contributed by atoms with Crippen molar-refractivity contribution in [1.82, 2.24) is 0 Å². The lowest BCUT2D eigenvalue weighted by molar-refractivity contribution is 0.336. The fourth-order valence-electron chi connectivity index (χ4n) is 0.799. The average Bonchev–Trinajstić information content (AvgIpc) is 2.06. The summed E-state index contributed by atoms with van der Waals surface area (Å²) in [4.78, 5) is 0. The Kier molecular flexibility index (Phi) is 2.78. The standard InChI is InChI=1S/C9H11O2/c1-3-11-9-6-4-5-8(7-9)10-2/h4,6-7H,3H2,1-2H3. The van der Waals surface area contributed by atoms with E-state index in [1.54, 1.807) is 13.2 Å². The summed E-state index contributed by atoms with van der Waals surface area (Å²) < 4.78 is 10.2. The maximum absolute atomic E-state index is 5.25. The van der Waals surface area contributed by atoms with Crippen molar-refractivity contribution in [3.63, 3.8) is 0 Å². The molecule has 2 heteroatoms. The third kappa shape index (κ3) is 2.15. The van der Waals surface area contributed by atoms with E-state index in [0.717, 1.165) is 5.75 Å². The summed E-state index contributed by atoms with van der Waals surface area (Å²) in [5, 5.41) is 0. The van der Waals surface area contributed by atoms with Gasteiger partial charge in [-0.05, 0) is 19.1 Å². The van der Waals surface area contributed by atoms with Gasteiger partial charge < -0.3 is 9.47 Å². The SMILES string of the molecule is CCOc1cc[c]c(OC)c1. The van der Waals surface area contributed by atoms with Crippen LogP contribution in [0.25, 0.3) is 0 Å². The van der Waals surface area contributed by atoms with E-state index in [1.807, 2.05) is 19.1 Å². The van der Waals surface area contributed by atoms with Crippen molar-refractivity contribution in [3.05, 3.63) is 24.3 Å². The Morgan fingerprint density at radius 2 is 2.36 bits per heavy atom. The third-order valence-electron chi connectivity index (χ3n) is 1.28. The topological polar surface area (TPSA) is 18.5 Å². The molecule has 11 heavy (non-hydrogen) atoms. The fourth-order valence-corrected chi connectivity index (χ4v) is 0.799. The molecule has 0 aliphatic rings.